The first-order chi connectivity index (χ1) is 11.6. The van der Waals surface area contributed by atoms with Crippen LogP contribution < -0.4 is 5.73 Å². The van der Waals surface area contributed by atoms with E-state index in [1.807, 2.05) is 17.0 Å². The lowest BCUT2D eigenvalue weighted by Gasteiger charge is -2.35. The molecular weight excluding hydrogens is 363 g/mol. The molecule has 1 aromatic rings. The largest absolute Gasteiger partial charge is 0.388 e. The Balaban J connectivity index is 0.00000225. The third-order valence-electron chi connectivity index (χ3n) is 5.16. The standard InChI is InChI=1S/C18H25ClN2O3.ClH/c19-14-3-1-12(2-4-14)17(22)13-7-9-21(10-8-13)18(23)16-6-5-15(11-20)24-16;/h1-4,13,15-17,22H,5-11,20H2;1H/t15-,16+,17?;/m1./s1. The third kappa shape index (κ3) is 4.86. The number of benzene rings is 1. The Morgan fingerprint density at radius 1 is 1.24 bits per heavy atom. The average Bonchev–Trinajstić information content (AvgIpc) is 3.10. The smallest absolute Gasteiger partial charge is 0.251 e. The molecule has 7 heteroatoms. The molecule has 2 heterocycles. The summed E-state index contributed by atoms with van der Waals surface area (Å²) in [7, 11) is 0. The number of rotatable bonds is 4. The minimum atomic E-state index is -0.510. The number of carbonyl (C=O) groups excluding carboxylic acids is 1. The Morgan fingerprint density at radius 3 is 2.44 bits per heavy atom. The number of likely N-dealkylation sites (tertiary alicyclic amines) is 1. The van der Waals surface area contributed by atoms with Gasteiger partial charge in [-0.05, 0) is 49.3 Å². The number of nitrogens with two attached hydrogens (primary N) is 1. The van der Waals surface area contributed by atoms with Crippen LogP contribution in [0, 0.1) is 5.92 Å². The van der Waals surface area contributed by atoms with Crippen LogP contribution in [0.1, 0.15) is 37.4 Å². The summed E-state index contributed by atoms with van der Waals surface area (Å²) in [6, 6.07) is 7.32. The van der Waals surface area contributed by atoms with Crippen molar-refractivity contribution in [2.45, 2.75) is 44.0 Å². The summed E-state index contributed by atoms with van der Waals surface area (Å²) < 4.78 is 5.70. The molecule has 0 saturated carbocycles. The summed E-state index contributed by atoms with van der Waals surface area (Å²) in [6.07, 6.45) is 2.38. The molecule has 140 valence electrons. The van der Waals surface area contributed by atoms with E-state index in [2.05, 4.69) is 0 Å². The maximum atomic E-state index is 12.5. The normalized spacial score (nSPS) is 25.5. The van der Waals surface area contributed by atoms with Crippen LogP contribution >= 0.6 is 24.0 Å². The van der Waals surface area contributed by atoms with E-state index in [0.717, 1.165) is 31.2 Å². The maximum Gasteiger partial charge on any atom is 0.251 e. The van der Waals surface area contributed by atoms with Crippen molar-refractivity contribution in [3.05, 3.63) is 34.9 Å². The first-order valence-corrected chi connectivity index (χ1v) is 9.04. The van der Waals surface area contributed by atoms with Gasteiger partial charge in [0.15, 0.2) is 0 Å². The van der Waals surface area contributed by atoms with Crippen molar-refractivity contribution < 1.29 is 14.6 Å². The molecule has 5 nitrogen and oxygen atoms in total. The molecule has 1 unspecified atom stereocenters. The summed E-state index contributed by atoms with van der Waals surface area (Å²) in [5, 5.41) is 11.2. The number of piperidine rings is 1. The predicted octanol–water partition coefficient (Wildman–Crippen LogP) is 2.54. The van der Waals surface area contributed by atoms with Crippen LogP contribution in [0.5, 0.6) is 0 Å². The van der Waals surface area contributed by atoms with Crippen LogP contribution in [0.2, 0.25) is 5.02 Å². The van der Waals surface area contributed by atoms with Gasteiger partial charge in [-0.25, -0.2) is 0 Å². The molecule has 2 fully saturated rings. The minimum Gasteiger partial charge on any atom is -0.388 e. The zero-order valence-electron chi connectivity index (χ0n) is 14.1. The quantitative estimate of drug-likeness (QED) is 0.830. The highest BCUT2D eigenvalue weighted by atomic mass is 35.5. The Labute approximate surface area is 159 Å². The molecule has 3 rings (SSSR count). The van der Waals surface area contributed by atoms with Crippen molar-refractivity contribution in [1.29, 1.82) is 0 Å². The first-order valence-electron chi connectivity index (χ1n) is 8.66. The number of amides is 1. The zero-order valence-corrected chi connectivity index (χ0v) is 15.7. The molecule has 1 aromatic carbocycles. The van der Waals surface area contributed by atoms with E-state index in [0.29, 0.717) is 24.7 Å². The number of carbonyl (C=O) groups is 1. The highest BCUT2D eigenvalue weighted by Gasteiger charge is 2.35. The van der Waals surface area contributed by atoms with E-state index in [-0.39, 0.29) is 36.4 Å². The SMILES string of the molecule is Cl.NC[C@H]1CC[C@@H](C(=O)N2CCC(C(O)c3ccc(Cl)cc3)CC2)O1. The Bertz CT molecular complexity index is 562. The van der Waals surface area contributed by atoms with Gasteiger partial charge in [-0.3, -0.25) is 4.79 Å². The lowest BCUT2D eigenvalue weighted by atomic mass is 9.87. The van der Waals surface area contributed by atoms with E-state index < -0.39 is 6.10 Å². The number of halogens is 2. The second-order valence-electron chi connectivity index (χ2n) is 6.72. The summed E-state index contributed by atoms with van der Waals surface area (Å²) in [4.78, 5) is 14.4. The number of aliphatic hydroxyl groups excluding tert-OH is 1. The van der Waals surface area contributed by atoms with Crippen LogP contribution in [0.25, 0.3) is 0 Å². The molecule has 1 amide bonds. The highest BCUT2D eigenvalue weighted by molar-refractivity contribution is 6.30. The maximum absolute atomic E-state index is 12.5. The topological polar surface area (TPSA) is 75.8 Å². The summed E-state index contributed by atoms with van der Waals surface area (Å²) >= 11 is 5.89. The van der Waals surface area contributed by atoms with E-state index in [9.17, 15) is 9.90 Å². The van der Waals surface area contributed by atoms with Crippen molar-refractivity contribution in [2.75, 3.05) is 19.6 Å². The highest BCUT2D eigenvalue weighted by Crippen LogP contribution is 2.32. The number of nitrogens with zero attached hydrogens (tertiary/aromatic N) is 1. The van der Waals surface area contributed by atoms with Gasteiger partial charge in [0.2, 0.25) is 0 Å². The molecule has 0 spiro atoms. The monoisotopic (exact) mass is 388 g/mol. The molecule has 0 bridgehead atoms. The molecule has 2 aliphatic heterocycles. The predicted molar refractivity (Wildman–Crippen MR) is 99.9 cm³/mol. The van der Waals surface area contributed by atoms with Crippen molar-refractivity contribution in [1.82, 2.24) is 4.90 Å². The molecule has 0 aliphatic carbocycles. The van der Waals surface area contributed by atoms with Gasteiger partial charge >= 0.3 is 0 Å². The number of ether oxygens (including phenoxy) is 1. The second kappa shape index (κ2) is 9.19. The fraction of sp³-hybridized carbons (Fsp3) is 0.611. The van der Waals surface area contributed by atoms with Crippen LogP contribution in [0.3, 0.4) is 0 Å². The number of hydrogen-bond acceptors (Lipinski definition) is 4. The van der Waals surface area contributed by atoms with Gasteiger partial charge < -0.3 is 20.5 Å². The van der Waals surface area contributed by atoms with Gasteiger partial charge in [0.1, 0.15) is 6.10 Å². The lowest BCUT2D eigenvalue weighted by molar-refractivity contribution is -0.144. The van der Waals surface area contributed by atoms with Gasteiger partial charge in [0.25, 0.3) is 5.91 Å². The van der Waals surface area contributed by atoms with Gasteiger partial charge in [0, 0.05) is 24.7 Å². The molecule has 0 radical (unpaired) electrons. The molecule has 25 heavy (non-hydrogen) atoms. The van der Waals surface area contributed by atoms with Crippen molar-refractivity contribution in [3.63, 3.8) is 0 Å². The summed E-state index contributed by atoms with van der Waals surface area (Å²) in [5.41, 5.74) is 6.49. The molecule has 3 atom stereocenters. The molecule has 0 aromatic heterocycles. The molecular formula is C18H26Cl2N2O3. The molecule has 2 aliphatic rings. The van der Waals surface area contributed by atoms with Crippen molar-refractivity contribution >= 4 is 29.9 Å². The van der Waals surface area contributed by atoms with Gasteiger partial charge in [-0.2, -0.15) is 0 Å². The van der Waals surface area contributed by atoms with Gasteiger partial charge in [-0.15, -0.1) is 12.4 Å². The van der Waals surface area contributed by atoms with Crippen LogP contribution in [0.15, 0.2) is 24.3 Å². The summed E-state index contributed by atoms with van der Waals surface area (Å²) in [5.74, 6) is 0.238. The Hall–Kier alpha value is -0.850. The van der Waals surface area contributed by atoms with Gasteiger partial charge in [-0.1, -0.05) is 23.7 Å². The second-order valence-corrected chi connectivity index (χ2v) is 7.16. The number of hydrogen-bond donors (Lipinski definition) is 2. The first kappa shape index (κ1) is 20.5. The summed E-state index contributed by atoms with van der Waals surface area (Å²) in [6.45, 7) is 1.81. The fourth-order valence-electron chi connectivity index (χ4n) is 3.63. The Kier molecular flexibility index (Phi) is 7.52. The Morgan fingerprint density at radius 2 is 1.88 bits per heavy atom. The third-order valence-corrected chi connectivity index (χ3v) is 5.41. The molecule has 3 N–H and O–H groups in total. The van der Waals surface area contributed by atoms with Crippen molar-refractivity contribution in [3.8, 4) is 0 Å². The van der Waals surface area contributed by atoms with Crippen LogP contribution in [-0.2, 0) is 9.53 Å². The van der Waals surface area contributed by atoms with Gasteiger partial charge in [0.05, 0.1) is 12.2 Å². The van der Waals surface area contributed by atoms with E-state index in [1.165, 1.54) is 0 Å². The van der Waals surface area contributed by atoms with E-state index >= 15 is 0 Å². The van der Waals surface area contributed by atoms with E-state index in [1.54, 1.807) is 12.1 Å². The molecule has 2 saturated heterocycles. The minimum absolute atomic E-state index is 0. The fourth-order valence-corrected chi connectivity index (χ4v) is 3.76. The van der Waals surface area contributed by atoms with Crippen LogP contribution in [-0.4, -0.2) is 47.8 Å². The average molecular weight is 389 g/mol. The van der Waals surface area contributed by atoms with Crippen LogP contribution in [0.4, 0.5) is 0 Å². The van der Waals surface area contributed by atoms with Crippen molar-refractivity contribution in [2.24, 2.45) is 11.7 Å². The zero-order chi connectivity index (χ0) is 17.1. The van der Waals surface area contributed by atoms with E-state index in [4.69, 9.17) is 22.1 Å². The lowest BCUT2D eigenvalue weighted by Crippen LogP contribution is -2.44. The number of aliphatic hydroxyl groups is 1.